The molecule has 6 heteroatoms. The van der Waals surface area contributed by atoms with Gasteiger partial charge in [0.2, 0.25) is 0 Å². The summed E-state index contributed by atoms with van der Waals surface area (Å²) in [5, 5.41) is 10.8. The lowest BCUT2D eigenvalue weighted by Gasteiger charge is -2.43. The molecule has 0 aromatic heterocycles. The van der Waals surface area contributed by atoms with Crippen LogP contribution in [0.1, 0.15) is 23.2 Å². The number of ether oxygens (including phenoxy) is 2. The van der Waals surface area contributed by atoms with Gasteiger partial charge in [-0.25, -0.2) is 0 Å². The molecule has 1 aliphatic carbocycles. The number of fused-ring (bicyclic) bond motifs is 1. The number of para-hydroxylation sites is 1. The summed E-state index contributed by atoms with van der Waals surface area (Å²) < 4.78 is 11.4. The fourth-order valence-corrected chi connectivity index (χ4v) is 5.37. The van der Waals surface area contributed by atoms with E-state index in [1.165, 1.54) is 0 Å². The van der Waals surface area contributed by atoms with E-state index in [4.69, 9.17) is 9.47 Å². The SMILES string of the molecule is O=C(c1cccc(Oc2ccccc2)c1)N1C[C@H]2C[C@@H](N3CCOCC3)[C@H](O)C[C@H]2C1. The van der Waals surface area contributed by atoms with Crippen molar-refractivity contribution in [3.05, 3.63) is 60.2 Å². The number of carbonyl (C=O) groups is 1. The molecule has 3 fully saturated rings. The predicted molar refractivity (Wildman–Crippen MR) is 117 cm³/mol. The molecule has 31 heavy (non-hydrogen) atoms. The second kappa shape index (κ2) is 8.99. The third kappa shape index (κ3) is 4.47. The van der Waals surface area contributed by atoms with Crippen molar-refractivity contribution in [1.82, 2.24) is 9.80 Å². The fourth-order valence-electron chi connectivity index (χ4n) is 5.37. The number of likely N-dealkylation sites (tertiary alicyclic amines) is 1. The summed E-state index contributed by atoms with van der Waals surface area (Å²) in [6.45, 7) is 4.74. The van der Waals surface area contributed by atoms with Crippen LogP contribution in [0.4, 0.5) is 0 Å². The van der Waals surface area contributed by atoms with Crippen molar-refractivity contribution in [2.45, 2.75) is 25.0 Å². The van der Waals surface area contributed by atoms with Crippen LogP contribution < -0.4 is 4.74 Å². The van der Waals surface area contributed by atoms with Gasteiger partial charge in [0, 0.05) is 37.8 Å². The number of hydrogen-bond acceptors (Lipinski definition) is 5. The molecule has 4 atom stereocenters. The van der Waals surface area contributed by atoms with E-state index in [2.05, 4.69) is 4.90 Å². The topological polar surface area (TPSA) is 62.2 Å². The Bertz CT molecular complexity index is 899. The molecule has 2 aromatic carbocycles. The fraction of sp³-hybridized carbons (Fsp3) is 0.480. The normalized spacial score (nSPS) is 28.9. The number of aliphatic hydroxyl groups excluding tert-OH is 1. The number of benzene rings is 2. The summed E-state index contributed by atoms with van der Waals surface area (Å²) in [6, 6.07) is 17.2. The smallest absolute Gasteiger partial charge is 0.254 e. The van der Waals surface area contributed by atoms with Crippen LogP contribution in [0.25, 0.3) is 0 Å². The molecule has 3 aliphatic rings. The molecule has 1 saturated carbocycles. The van der Waals surface area contributed by atoms with Crippen LogP contribution in [-0.2, 0) is 4.74 Å². The van der Waals surface area contributed by atoms with Gasteiger partial charge in [0.05, 0.1) is 19.3 Å². The molecule has 2 heterocycles. The van der Waals surface area contributed by atoms with Gasteiger partial charge in [0.1, 0.15) is 11.5 Å². The van der Waals surface area contributed by atoms with E-state index >= 15 is 0 Å². The number of aliphatic hydroxyl groups is 1. The Hall–Kier alpha value is -2.41. The van der Waals surface area contributed by atoms with E-state index in [-0.39, 0.29) is 18.1 Å². The third-order valence-electron chi connectivity index (χ3n) is 6.97. The molecule has 2 aliphatic heterocycles. The summed E-state index contributed by atoms with van der Waals surface area (Å²) in [5.41, 5.74) is 0.650. The first-order chi connectivity index (χ1) is 15.2. The van der Waals surface area contributed by atoms with Crippen molar-refractivity contribution in [2.75, 3.05) is 39.4 Å². The number of rotatable bonds is 4. The van der Waals surface area contributed by atoms with Crippen molar-refractivity contribution in [3.8, 4) is 11.5 Å². The van der Waals surface area contributed by atoms with Crippen molar-refractivity contribution >= 4 is 5.91 Å². The summed E-state index contributed by atoms with van der Waals surface area (Å²) in [5.74, 6) is 2.29. The molecule has 0 bridgehead atoms. The Balaban J connectivity index is 1.25. The largest absolute Gasteiger partial charge is 0.457 e. The van der Waals surface area contributed by atoms with E-state index in [9.17, 15) is 9.90 Å². The summed E-state index contributed by atoms with van der Waals surface area (Å²) in [6.07, 6.45) is 1.40. The Kier molecular flexibility index (Phi) is 5.94. The Morgan fingerprint density at radius 3 is 2.42 bits per heavy atom. The van der Waals surface area contributed by atoms with Gasteiger partial charge in [0.15, 0.2) is 0 Å². The standard InChI is InChI=1S/C25H30N2O4/c28-24-15-20-17-27(16-19(20)14-23(24)26-9-11-30-12-10-26)25(29)18-5-4-8-22(13-18)31-21-6-2-1-3-7-21/h1-8,13,19-20,23-24,28H,9-12,14-17H2/t19-,20+,23-,24-/m1/s1. The maximum absolute atomic E-state index is 13.2. The van der Waals surface area contributed by atoms with E-state index < -0.39 is 0 Å². The molecule has 2 saturated heterocycles. The number of carbonyl (C=O) groups excluding carboxylic acids is 1. The first kappa shape index (κ1) is 20.5. The zero-order valence-corrected chi connectivity index (χ0v) is 17.7. The first-order valence-electron chi connectivity index (χ1n) is 11.3. The van der Waals surface area contributed by atoms with Gasteiger partial charge in [-0.1, -0.05) is 24.3 Å². The van der Waals surface area contributed by atoms with Gasteiger partial charge in [-0.15, -0.1) is 0 Å². The van der Waals surface area contributed by atoms with Gasteiger partial charge in [0.25, 0.3) is 5.91 Å². The monoisotopic (exact) mass is 422 g/mol. The molecule has 2 aromatic rings. The molecule has 0 unspecified atom stereocenters. The van der Waals surface area contributed by atoms with Gasteiger partial charge in [-0.3, -0.25) is 9.69 Å². The van der Waals surface area contributed by atoms with Gasteiger partial charge in [-0.2, -0.15) is 0 Å². The third-order valence-corrected chi connectivity index (χ3v) is 6.97. The lowest BCUT2D eigenvalue weighted by Crippen LogP contribution is -2.53. The summed E-state index contributed by atoms with van der Waals surface area (Å²) in [4.78, 5) is 17.6. The second-order valence-electron chi connectivity index (χ2n) is 8.93. The number of morpholine rings is 1. The van der Waals surface area contributed by atoms with Crippen LogP contribution >= 0.6 is 0 Å². The number of amides is 1. The lowest BCUT2D eigenvalue weighted by atomic mass is 9.77. The van der Waals surface area contributed by atoms with Crippen molar-refractivity contribution < 1.29 is 19.4 Å². The van der Waals surface area contributed by atoms with Crippen LogP contribution in [0.2, 0.25) is 0 Å². The highest BCUT2D eigenvalue weighted by molar-refractivity contribution is 5.94. The highest BCUT2D eigenvalue weighted by atomic mass is 16.5. The molecule has 1 N–H and O–H groups in total. The molecular formula is C25H30N2O4. The molecule has 0 spiro atoms. The Morgan fingerprint density at radius 1 is 0.935 bits per heavy atom. The Morgan fingerprint density at radius 2 is 1.65 bits per heavy atom. The molecule has 0 radical (unpaired) electrons. The van der Waals surface area contributed by atoms with Crippen LogP contribution in [0.15, 0.2) is 54.6 Å². The van der Waals surface area contributed by atoms with Crippen LogP contribution in [0.5, 0.6) is 11.5 Å². The van der Waals surface area contributed by atoms with E-state index in [0.717, 1.165) is 58.0 Å². The zero-order chi connectivity index (χ0) is 21.2. The van der Waals surface area contributed by atoms with E-state index in [0.29, 0.717) is 23.1 Å². The second-order valence-corrected chi connectivity index (χ2v) is 8.93. The van der Waals surface area contributed by atoms with Crippen LogP contribution in [0, 0.1) is 11.8 Å². The maximum atomic E-state index is 13.2. The minimum atomic E-state index is -0.322. The average Bonchev–Trinajstić information content (AvgIpc) is 3.22. The molecular weight excluding hydrogens is 392 g/mol. The molecule has 6 nitrogen and oxygen atoms in total. The highest BCUT2D eigenvalue weighted by Crippen LogP contribution is 2.39. The van der Waals surface area contributed by atoms with Crippen molar-refractivity contribution in [3.63, 3.8) is 0 Å². The molecule has 164 valence electrons. The van der Waals surface area contributed by atoms with Crippen LogP contribution in [-0.4, -0.2) is 72.4 Å². The average molecular weight is 423 g/mol. The lowest BCUT2D eigenvalue weighted by molar-refractivity contribution is -0.0520. The van der Waals surface area contributed by atoms with Crippen LogP contribution in [0.3, 0.4) is 0 Å². The minimum absolute atomic E-state index is 0.0466. The van der Waals surface area contributed by atoms with Crippen molar-refractivity contribution in [2.24, 2.45) is 11.8 Å². The minimum Gasteiger partial charge on any atom is -0.457 e. The zero-order valence-electron chi connectivity index (χ0n) is 17.7. The van der Waals surface area contributed by atoms with Crippen molar-refractivity contribution in [1.29, 1.82) is 0 Å². The maximum Gasteiger partial charge on any atom is 0.254 e. The quantitative estimate of drug-likeness (QED) is 0.821. The predicted octanol–water partition coefficient (Wildman–Crippen LogP) is 3.02. The van der Waals surface area contributed by atoms with E-state index in [1.54, 1.807) is 0 Å². The Labute approximate surface area is 183 Å². The summed E-state index contributed by atoms with van der Waals surface area (Å²) >= 11 is 0. The molecule has 5 rings (SSSR count). The highest BCUT2D eigenvalue weighted by Gasteiger charge is 2.44. The first-order valence-corrected chi connectivity index (χ1v) is 11.3. The summed E-state index contributed by atoms with van der Waals surface area (Å²) in [7, 11) is 0. The number of nitrogens with zero attached hydrogens (tertiary/aromatic N) is 2. The van der Waals surface area contributed by atoms with Gasteiger partial charge in [-0.05, 0) is 55.0 Å². The molecule has 1 amide bonds. The van der Waals surface area contributed by atoms with E-state index in [1.807, 2.05) is 59.5 Å². The van der Waals surface area contributed by atoms with Gasteiger partial charge < -0.3 is 19.5 Å². The number of hydrogen-bond donors (Lipinski definition) is 1. The van der Waals surface area contributed by atoms with Gasteiger partial charge >= 0.3 is 0 Å².